The Hall–Kier alpha value is -4.33. The van der Waals surface area contributed by atoms with E-state index in [2.05, 4.69) is 20.4 Å². The summed E-state index contributed by atoms with van der Waals surface area (Å²) in [5.74, 6) is 0.923. The first kappa shape index (κ1) is 20.6. The Morgan fingerprint density at radius 1 is 1.24 bits per heavy atom. The molecule has 0 aliphatic heterocycles. The van der Waals surface area contributed by atoms with Crippen LogP contribution in [0, 0.1) is 6.92 Å². The van der Waals surface area contributed by atoms with Crippen LogP contribution in [0.15, 0.2) is 71.9 Å². The van der Waals surface area contributed by atoms with E-state index in [1.165, 1.54) is 12.0 Å². The largest absolute Gasteiger partial charge is 0.497 e. The average Bonchev–Trinajstić information content (AvgIpc) is 3.57. The standard InChI is InChI=1S/C25H23N5O3/c1-16-4-3-5-17(10-16)24-23(27-15-33-24)25(31)29-19-13-28-30(14-19)9-8-18-12-26-22-7-6-20(32-2)11-21(18)22/h3-7,10-15,26H,8-9H2,1-2H3,(H,29,31). The van der Waals surface area contributed by atoms with Crippen molar-refractivity contribution in [3.63, 3.8) is 0 Å². The Morgan fingerprint density at radius 3 is 3.00 bits per heavy atom. The van der Waals surface area contributed by atoms with Gasteiger partial charge in [0, 0.05) is 35.4 Å². The third-order valence-corrected chi connectivity index (χ3v) is 5.54. The van der Waals surface area contributed by atoms with Crippen molar-refractivity contribution in [2.75, 3.05) is 12.4 Å². The summed E-state index contributed by atoms with van der Waals surface area (Å²) in [6.45, 7) is 2.65. The summed E-state index contributed by atoms with van der Waals surface area (Å²) >= 11 is 0. The monoisotopic (exact) mass is 441 g/mol. The van der Waals surface area contributed by atoms with Gasteiger partial charge in [-0.3, -0.25) is 9.48 Å². The lowest BCUT2D eigenvalue weighted by atomic mass is 10.1. The second-order valence-corrected chi connectivity index (χ2v) is 7.82. The lowest BCUT2D eigenvalue weighted by Gasteiger charge is -2.04. The van der Waals surface area contributed by atoms with Gasteiger partial charge in [0.2, 0.25) is 0 Å². The predicted octanol–water partition coefficient (Wildman–Crippen LogP) is 4.83. The SMILES string of the molecule is COc1ccc2[nH]cc(CCn3cc(NC(=O)c4ncoc4-c4cccc(C)c4)cn3)c2c1. The van der Waals surface area contributed by atoms with Gasteiger partial charge in [-0.1, -0.05) is 23.8 Å². The molecule has 0 aliphatic carbocycles. The number of nitrogens with zero attached hydrogens (tertiary/aromatic N) is 3. The molecule has 2 N–H and O–H groups in total. The van der Waals surface area contributed by atoms with Gasteiger partial charge in [0.15, 0.2) is 17.8 Å². The molecule has 33 heavy (non-hydrogen) atoms. The molecule has 166 valence electrons. The molecular weight excluding hydrogens is 418 g/mol. The van der Waals surface area contributed by atoms with E-state index in [4.69, 9.17) is 9.15 Å². The molecule has 1 amide bonds. The van der Waals surface area contributed by atoms with E-state index in [9.17, 15) is 4.79 Å². The van der Waals surface area contributed by atoms with E-state index in [0.29, 0.717) is 18.0 Å². The minimum atomic E-state index is -0.344. The quantitative estimate of drug-likeness (QED) is 0.377. The summed E-state index contributed by atoms with van der Waals surface area (Å²) in [7, 11) is 1.66. The number of carbonyl (C=O) groups excluding carboxylic acids is 1. The lowest BCUT2D eigenvalue weighted by molar-refractivity contribution is 0.102. The van der Waals surface area contributed by atoms with Crippen molar-refractivity contribution in [3.05, 3.63) is 84.3 Å². The number of aromatic amines is 1. The Kier molecular flexibility index (Phi) is 5.40. The minimum absolute atomic E-state index is 0.237. The van der Waals surface area contributed by atoms with Gasteiger partial charge in [-0.25, -0.2) is 4.98 Å². The highest BCUT2D eigenvalue weighted by Crippen LogP contribution is 2.26. The molecular formula is C25H23N5O3. The van der Waals surface area contributed by atoms with Crippen LogP contribution >= 0.6 is 0 Å². The molecule has 8 heteroatoms. The zero-order chi connectivity index (χ0) is 22.8. The summed E-state index contributed by atoms with van der Waals surface area (Å²) in [5.41, 5.74) is 4.96. The third kappa shape index (κ3) is 4.23. The van der Waals surface area contributed by atoms with Gasteiger partial charge < -0.3 is 19.5 Å². The second kappa shape index (κ2) is 8.66. The van der Waals surface area contributed by atoms with Crippen molar-refractivity contribution in [1.29, 1.82) is 0 Å². The smallest absolute Gasteiger partial charge is 0.278 e. The summed E-state index contributed by atoms with van der Waals surface area (Å²) in [6.07, 6.45) is 7.51. The first-order valence-corrected chi connectivity index (χ1v) is 10.6. The highest BCUT2D eigenvalue weighted by molar-refractivity contribution is 6.06. The molecule has 0 radical (unpaired) electrons. The number of ether oxygens (including phenoxy) is 1. The fourth-order valence-corrected chi connectivity index (χ4v) is 3.87. The number of amides is 1. The molecule has 5 rings (SSSR count). The van der Waals surface area contributed by atoms with Gasteiger partial charge in [-0.15, -0.1) is 0 Å². The van der Waals surface area contributed by atoms with E-state index in [0.717, 1.165) is 34.2 Å². The molecule has 8 nitrogen and oxygen atoms in total. The molecule has 2 aromatic carbocycles. The summed E-state index contributed by atoms with van der Waals surface area (Å²) in [6, 6.07) is 13.7. The molecule has 5 aromatic rings. The van der Waals surface area contributed by atoms with Crippen LogP contribution in [0.25, 0.3) is 22.2 Å². The van der Waals surface area contributed by atoms with Crippen molar-refractivity contribution in [1.82, 2.24) is 19.7 Å². The van der Waals surface area contributed by atoms with E-state index >= 15 is 0 Å². The Morgan fingerprint density at radius 2 is 2.15 bits per heavy atom. The number of H-pyrrole nitrogens is 1. The minimum Gasteiger partial charge on any atom is -0.497 e. The fourth-order valence-electron chi connectivity index (χ4n) is 3.87. The number of methoxy groups -OCH3 is 1. The molecule has 0 fully saturated rings. The maximum atomic E-state index is 12.8. The molecule has 0 saturated carbocycles. The number of aryl methyl sites for hydroxylation is 3. The third-order valence-electron chi connectivity index (χ3n) is 5.54. The molecule has 0 unspecified atom stereocenters. The zero-order valence-corrected chi connectivity index (χ0v) is 18.3. The van der Waals surface area contributed by atoms with Crippen LogP contribution in [0.1, 0.15) is 21.6 Å². The maximum Gasteiger partial charge on any atom is 0.278 e. The first-order chi connectivity index (χ1) is 16.1. The molecule has 0 bridgehead atoms. The molecule has 3 heterocycles. The van der Waals surface area contributed by atoms with Gasteiger partial charge in [0.05, 0.1) is 19.0 Å². The summed E-state index contributed by atoms with van der Waals surface area (Å²) in [4.78, 5) is 20.2. The maximum absolute atomic E-state index is 12.8. The van der Waals surface area contributed by atoms with Gasteiger partial charge in [0.25, 0.3) is 5.91 Å². The average molecular weight is 441 g/mol. The number of rotatable bonds is 7. The van der Waals surface area contributed by atoms with E-state index in [1.54, 1.807) is 24.2 Å². The van der Waals surface area contributed by atoms with Gasteiger partial charge in [-0.2, -0.15) is 5.10 Å². The lowest BCUT2D eigenvalue weighted by Crippen LogP contribution is -2.13. The van der Waals surface area contributed by atoms with Crippen LogP contribution in [0.3, 0.4) is 0 Å². The number of hydrogen-bond acceptors (Lipinski definition) is 5. The number of aromatic nitrogens is 4. The first-order valence-electron chi connectivity index (χ1n) is 10.6. The summed E-state index contributed by atoms with van der Waals surface area (Å²) in [5, 5.41) is 8.37. The fraction of sp³-hybridized carbons (Fsp3) is 0.160. The highest BCUT2D eigenvalue weighted by atomic mass is 16.5. The number of anilines is 1. The van der Waals surface area contributed by atoms with E-state index < -0.39 is 0 Å². The molecule has 0 spiro atoms. The second-order valence-electron chi connectivity index (χ2n) is 7.82. The van der Waals surface area contributed by atoms with Crippen molar-refractivity contribution in [3.8, 4) is 17.1 Å². The van der Waals surface area contributed by atoms with E-state index in [-0.39, 0.29) is 11.6 Å². The van der Waals surface area contributed by atoms with Crippen molar-refractivity contribution in [2.45, 2.75) is 19.9 Å². The van der Waals surface area contributed by atoms with Crippen LogP contribution in [0.2, 0.25) is 0 Å². The number of fused-ring (bicyclic) bond motifs is 1. The molecule has 3 aromatic heterocycles. The van der Waals surface area contributed by atoms with Gasteiger partial charge >= 0.3 is 0 Å². The molecule has 0 aliphatic rings. The van der Waals surface area contributed by atoms with Gasteiger partial charge in [-0.05, 0) is 43.2 Å². The topological polar surface area (TPSA) is 98.0 Å². The van der Waals surface area contributed by atoms with Crippen molar-refractivity contribution in [2.24, 2.45) is 0 Å². The number of nitrogens with one attached hydrogen (secondary N) is 2. The summed E-state index contributed by atoms with van der Waals surface area (Å²) < 4.78 is 12.6. The zero-order valence-electron chi connectivity index (χ0n) is 18.3. The molecule has 0 saturated heterocycles. The van der Waals surface area contributed by atoms with Crippen molar-refractivity contribution >= 4 is 22.5 Å². The van der Waals surface area contributed by atoms with Gasteiger partial charge in [0.1, 0.15) is 5.75 Å². The Labute approximate surface area is 190 Å². The molecule has 0 atom stereocenters. The Balaban J connectivity index is 1.27. The highest BCUT2D eigenvalue weighted by Gasteiger charge is 2.19. The number of benzene rings is 2. The normalized spacial score (nSPS) is 11.1. The van der Waals surface area contributed by atoms with Crippen LogP contribution in [-0.4, -0.2) is 32.8 Å². The van der Waals surface area contributed by atoms with Crippen LogP contribution < -0.4 is 10.1 Å². The van der Waals surface area contributed by atoms with Crippen LogP contribution in [0.5, 0.6) is 5.75 Å². The number of hydrogen-bond donors (Lipinski definition) is 2. The van der Waals surface area contributed by atoms with E-state index in [1.807, 2.05) is 55.6 Å². The number of oxazole rings is 1. The van der Waals surface area contributed by atoms with Crippen LogP contribution in [-0.2, 0) is 13.0 Å². The predicted molar refractivity (Wildman–Crippen MR) is 125 cm³/mol. The van der Waals surface area contributed by atoms with Crippen molar-refractivity contribution < 1.29 is 13.9 Å². The Bertz CT molecular complexity index is 1430. The van der Waals surface area contributed by atoms with Crippen LogP contribution in [0.4, 0.5) is 5.69 Å². The number of carbonyl (C=O) groups is 1.